The molecule has 0 spiro atoms. The molecular formula is C11H20N4O. The molecule has 1 amide bonds. The van der Waals surface area contributed by atoms with Crippen LogP contribution in [0, 0.1) is 6.92 Å². The van der Waals surface area contributed by atoms with E-state index in [2.05, 4.69) is 10.4 Å². The molecule has 90 valence electrons. The van der Waals surface area contributed by atoms with Gasteiger partial charge in [-0.1, -0.05) is 0 Å². The van der Waals surface area contributed by atoms with Crippen molar-refractivity contribution in [2.45, 2.75) is 39.3 Å². The van der Waals surface area contributed by atoms with Crippen LogP contribution in [0.1, 0.15) is 31.5 Å². The third-order valence-corrected chi connectivity index (χ3v) is 2.43. The second-order valence-corrected chi connectivity index (χ2v) is 4.82. The fraction of sp³-hybridized carbons (Fsp3) is 0.636. The van der Waals surface area contributed by atoms with E-state index in [1.54, 1.807) is 10.9 Å². The number of hydrogen-bond acceptors (Lipinski definition) is 3. The molecule has 0 aromatic carbocycles. The zero-order chi connectivity index (χ0) is 12.3. The number of amides is 1. The van der Waals surface area contributed by atoms with E-state index in [0.717, 1.165) is 11.3 Å². The second-order valence-electron chi connectivity index (χ2n) is 4.82. The number of carbonyl (C=O) groups excluding carboxylic acids is 1. The van der Waals surface area contributed by atoms with Crippen molar-refractivity contribution in [3.05, 3.63) is 17.5 Å². The smallest absolute Gasteiger partial charge is 0.222 e. The van der Waals surface area contributed by atoms with Gasteiger partial charge in [0, 0.05) is 36.8 Å². The molecule has 5 nitrogen and oxygen atoms in total. The van der Waals surface area contributed by atoms with Gasteiger partial charge in [-0.15, -0.1) is 0 Å². The van der Waals surface area contributed by atoms with Gasteiger partial charge < -0.3 is 11.1 Å². The van der Waals surface area contributed by atoms with Crippen molar-refractivity contribution < 1.29 is 4.79 Å². The zero-order valence-electron chi connectivity index (χ0n) is 10.4. The second kappa shape index (κ2) is 4.65. The average Bonchev–Trinajstić information content (AvgIpc) is 2.42. The Hall–Kier alpha value is -1.36. The van der Waals surface area contributed by atoms with Crippen LogP contribution >= 0.6 is 0 Å². The first kappa shape index (κ1) is 12.7. The number of nitrogens with zero attached hydrogens (tertiary/aromatic N) is 2. The Balaban J connectivity index is 2.47. The Morgan fingerprint density at radius 2 is 2.25 bits per heavy atom. The summed E-state index contributed by atoms with van der Waals surface area (Å²) in [7, 11) is 1.88. The molecule has 0 aliphatic heterocycles. The lowest BCUT2D eigenvalue weighted by molar-refractivity contribution is -0.122. The van der Waals surface area contributed by atoms with Gasteiger partial charge in [0.15, 0.2) is 0 Å². The van der Waals surface area contributed by atoms with Crippen molar-refractivity contribution in [3.8, 4) is 0 Å². The first-order valence-corrected chi connectivity index (χ1v) is 5.32. The van der Waals surface area contributed by atoms with E-state index >= 15 is 0 Å². The van der Waals surface area contributed by atoms with Crippen LogP contribution in [0.3, 0.4) is 0 Å². The Kier molecular flexibility index (Phi) is 3.70. The maximum atomic E-state index is 11.5. The maximum absolute atomic E-state index is 11.5. The van der Waals surface area contributed by atoms with Gasteiger partial charge in [-0.25, -0.2) is 0 Å². The molecule has 0 bridgehead atoms. The van der Waals surface area contributed by atoms with E-state index in [1.807, 2.05) is 27.8 Å². The number of carbonyl (C=O) groups is 1. The van der Waals surface area contributed by atoms with Crippen LogP contribution < -0.4 is 11.1 Å². The highest BCUT2D eigenvalue weighted by molar-refractivity contribution is 5.77. The number of nitrogens with two attached hydrogens (primary N) is 1. The summed E-state index contributed by atoms with van der Waals surface area (Å²) < 4.78 is 1.79. The molecule has 5 heteroatoms. The van der Waals surface area contributed by atoms with Crippen molar-refractivity contribution in [1.29, 1.82) is 0 Å². The summed E-state index contributed by atoms with van der Waals surface area (Å²) >= 11 is 0. The summed E-state index contributed by atoms with van der Waals surface area (Å²) in [4.78, 5) is 11.5. The highest BCUT2D eigenvalue weighted by atomic mass is 16.1. The van der Waals surface area contributed by atoms with Gasteiger partial charge in [-0.05, 0) is 20.8 Å². The summed E-state index contributed by atoms with van der Waals surface area (Å²) in [6.07, 6.45) is 2.09. The predicted octanol–water partition coefficient (Wildman–Crippen LogP) is 0.472. The molecular weight excluding hydrogens is 204 g/mol. The minimum absolute atomic E-state index is 0.0317. The topological polar surface area (TPSA) is 72.9 Å². The molecule has 0 aliphatic carbocycles. The normalized spacial score (nSPS) is 11.6. The van der Waals surface area contributed by atoms with Crippen LogP contribution in [0.15, 0.2) is 6.20 Å². The summed E-state index contributed by atoms with van der Waals surface area (Å²) in [5.74, 6) is -0.0317. The predicted molar refractivity (Wildman–Crippen MR) is 62.7 cm³/mol. The van der Waals surface area contributed by atoms with Crippen LogP contribution in [-0.2, 0) is 18.4 Å². The monoisotopic (exact) mass is 224 g/mol. The minimum atomic E-state index is -0.464. The summed E-state index contributed by atoms with van der Waals surface area (Å²) in [5, 5.41) is 6.95. The van der Waals surface area contributed by atoms with E-state index < -0.39 is 5.54 Å². The van der Waals surface area contributed by atoms with Crippen LogP contribution in [0.4, 0.5) is 0 Å². The van der Waals surface area contributed by atoms with E-state index in [-0.39, 0.29) is 5.91 Å². The molecule has 0 aliphatic rings. The molecule has 1 rings (SSSR count). The lowest BCUT2D eigenvalue weighted by atomic mass is 10.0. The van der Waals surface area contributed by atoms with Crippen molar-refractivity contribution in [1.82, 2.24) is 15.1 Å². The first-order valence-electron chi connectivity index (χ1n) is 5.32. The Bertz CT molecular complexity index is 376. The molecule has 0 atom stereocenters. The van der Waals surface area contributed by atoms with Crippen molar-refractivity contribution in [3.63, 3.8) is 0 Å². The van der Waals surface area contributed by atoms with Crippen LogP contribution in [0.2, 0.25) is 0 Å². The Morgan fingerprint density at radius 3 is 2.69 bits per heavy atom. The van der Waals surface area contributed by atoms with Gasteiger partial charge in [0.25, 0.3) is 0 Å². The SMILES string of the molecule is Cc1c(CNC(=O)CC(C)(C)N)cnn1C. The molecule has 0 radical (unpaired) electrons. The fourth-order valence-corrected chi connectivity index (χ4v) is 1.39. The summed E-state index contributed by atoms with van der Waals surface area (Å²) in [5.41, 5.74) is 7.39. The number of aryl methyl sites for hydroxylation is 1. The summed E-state index contributed by atoms with van der Waals surface area (Å²) in [6, 6.07) is 0. The molecule has 16 heavy (non-hydrogen) atoms. The number of rotatable bonds is 4. The highest BCUT2D eigenvalue weighted by Gasteiger charge is 2.16. The molecule has 3 N–H and O–H groups in total. The Morgan fingerprint density at radius 1 is 1.62 bits per heavy atom. The molecule has 1 aromatic rings. The zero-order valence-corrected chi connectivity index (χ0v) is 10.4. The fourth-order valence-electron chi connectivity index (χ4n) is 1.39. The van der Waals surface area contributed by atoms with Gasteiger partial charge >= 0.3 is 0 Å². The van der Waals surface area contributed by atoms with Crippen molar-refractivity contribution >= 4 is 5.91 Å². The highest BCUT2D eigenvalue weighted by Crippen LogP contribution is 2.06. The van der Waals surface area contributed by atoms with Crippen molar-refractivity contribution in [2.24, 2.45) is 12.8 Å². The number of nitrogens with one attached hydrogen (secondary N) is 1. The van der Waals surface area contributed by atoms with E-state index in [9.17, 15) is 4.79 Å². The van der Waals surface area contributed by atoms with Crippen LogP contribution in [-0.4, -0.2) is 21.2 Å². The third kappa shape index (κ3) is 3.66. The lowest BCUT2D eigenvalue weighted by Crippen LogP contribution is -2.38. The van der Waals surface area contributed by atoms with E-state index in [0.29, 0.717) is 13.0 Å². The first-order chi connectivity index (χ1) is 7.29. The quantitative estimate of drug-likeness (QED) is 0.781. The average molecular weight is 224 g/mol. The van der Waals surface area contributed by atoms with E-state index in [1.165, 1.54) is 0 Å². The third-order valence-electron chi connectivity index (χ3n) is 2.43. The van der Waals surface area contributed by atoms with Gasteiger partial charge in [-0.3, -0.25) is 9.48 Å². The van der Waals surface area contributed by atoms with Crippen LogP contribution in [0.5, 0.6) is 0 Å². The van der Waals surface area contributed by atoms with Gasteiger partial charge in [0.05, 0.1) is 6.20 Å². The molecule has 1 heterocycles. The Labute approximate surface area is 96.0 Å². The molecule has 1 aromatic heterocycles. The largest absolute Gasteiger partial charge is 0.352 e. The lowest BCUT2D eigenvalue weighted by Gasteiger charge is -2.17. The molecule has 0 saturated carbocycles. The molecule has 0 unspecified atom stereocenters. The summed E-state index contributed by atoms with van der Waals surface area (Å²) in [6.45, 7) is 6.15. The standard InChI is InChI=1S/C11H20N4O/c1-8-9(7-14-15(8)4)6-13-10(16)5-11(2,3)12/h7H,5-6,12H2,1-4H3,(H,13,16). The van der Waals surface area contributed by atoms with E-state index in [4.69, 9.17) is 5.73 Å². The maximum Gasteiger partial charge on any atom is 0.222 e. The van der Waals surface area contributed by atoms with Crippen molar-refractivity contribution in [2.75, 3.05) is 0 Å². The van der Waals surface area contributed by atoms with Gasteiger partial charge in [-0.2, -0.15) is 5.10 Å². The molecule has 0 fully saturated rings. The number of aromatic nitrogens is 2. The minimum Gasteiger partial charge on any atom is -0.352 e. The van der Waals surface area contributed by atoms with Gasteiger partial charge in [0.2, 0.25) is 5.91 Å². The van der Waals surface area contributed by atoms with Gasteiger partial charge in [0.1, 0.15) is 0 Å². The number of hydrogen-bond donors (Lipinski definition) is 2. The molecule has 0 saturated heterocycles. The van der Waals surface area contributed by atoms with Crippen LogP contribution in [0.25, 0.3) is 0 Å².